The molecule has 19 heavy (non-hydrogen) atoms. The molecule has 1 aliphatic heterocycles. The van der Waals surface area contributed by atoms with Gasteiger partial charge in [-0.15, -0.1) is 0 Å². The highest BCUT2D eigenvalue weighted by molar-refractivity contribution is 5.87. The number of allylic oxidation sites excluding steroid dienone is 2. The smallest absolute Gasteiger partial charge is 0.327 e. The van der Waals surface area contributed by atoms with Gasteiger partial charge in [0.05, 0.1) is 0 Å². The van der Waals surface area contributed by atoms with E-state index in [-0.39, 0.29) is 5.91 Å². The Morgan fingerprint density at radius 2 is 1.84 bits per heavy atom. The fourth-order valence-electron chi connectivity index (χ4n) is 2.10. The van der Waals surface area contributed by atoms with E-state index in [1.54, 1.807) is 13.0 Å². The van der Waals surface area contributed by atoms with Crippen molar-refractivity contribution in [1.82, 2.24) is 4.90 Å². The van der Waals surface area contributed by atoms with Gasteiger partial charge in [-0.1, -0.05) is 19.1 Å². The molecular formula is C15H25NO3. The number of piperidine rings is 1. The van der Waals surface area contributed by atoms with Crippen LogP contribution in [-0.2, 0) is 9.59 Å². The number of nitrogens with zero attached hydrogens (tertiary/aromatic N) is 1. The molecule has 1 heterocycles. The summed E-state index contributed by atoms with van der Waals surface area (Å²) in [7, 11) is 0. The van der Waals surface area contributed by atoms with Gasteiger partial charge in [0.15, 0.2) is 0 Å². The molecular weight excluding hydrogens is 242 g/mol. The van der Waals surface area contributed by atoms with Crippen LogP contribution in [-0.4, -0.2) is 34.5 Å². The first kappa shape index (κ1) is 17.4. The summed E-state index contributed by atoms with van der Waals surface area (Å²) in [5, 5.41) is 7.83. The summed E-state index contributed by atoms with van der Waals surface area (Å²) in [5.74, 6) is -0.702. The number of amides is 1. The molecule has 108 valence electrons. The maximum atomic E-state index is 11.6. The summed E-state index contributed by atoms with van der Waals surface area (Å²) in [6.45, 7) is 6.66. The minimum atomic E-state index is -0.891. The van der Waals surface area contributed by atoms with Gasteiger partial charge in [-0.2, -0.15) is 0 Å². The first-order chi connectivity index (χ1) is 9.06. The normalized spacial score (nSPS) is 19.3. The number of carboxylic acids is 1. The average Bonchev–Trinajstić information content (AvgIpc) is 2.39. The predicted molar refractivity (Wildman–Crippen MR) is 76.9 cm³/mol. The first-order valence-electron chi connectivity index (χ1n) is 6.85. The predicted octanol–water partition coefficient (Wildman–Crippen LogP) is 3.00. The molecule has 0 aromatic rings. The van der Waals surface area contributed by atoms with Crippen LogP contribution in [0.3, 0.4) is 0 Å². The van der Waals surface area contributed by atoms with E-state index in [9.17, 15) is 9.59 Å². The largest absolute Gasteiger partial charge is 0.478 e. The van der Waals surface area contributed by atoms with Crippen LogP contribution in [0.25, 0.3) is 0 Å². The molecule has 1 unspecified atom stereocenters. The van der Waals surface area contributed by atoms with E-state index in [2.05, 4.69) is 6.92 Å². The minimum Gasteiger partial charge on any atom is -0.478 e. The molecule has 1 saturated heterocycles. The molecule has 4 heteroatoms. The van der Waals surface area contributed by atoms with Crippen molar-refractivity contribution in [3.8, 4) is 0 Å². The van der Waals surface area contributed by atoms with Crippen LogP contribution in [0.15, 0.2) is 24.3 Å². The van der Waals surface area contributed by atoms with Gasteiger partial charge in [0.25, 0.3) is 0 Å². The van der Waals surface area contributed by atoms with Gasteiger partial charge in [-0.05, 0) is 45.6 Å². The molecule has 1 fully saturated rings. The highest BCUT2D eigenvalue weighted by atomic mass is 16.4. The minimum absolute atomic E-state index is 0.189. The fourth-order valence-corrected chi connectivity index (χ4v) is 2.10. The summed E-state index contributed by atoms with van der Waals surface area (Å²) in [6.07, 6.45) is 10.8. The number of aliphatic carboxylic acids is 1. The van der Waals surface area contributed by atoms with Gasteiger partial charge in [-0.3, -0.25) is 4.79 Å². The number of hydrogen-bond donors (Lipinski definition) is 1. The molecule has 0 bridgehead atoms. The second-order valence-corrected chi connectivity index (χ2v) is 4.43. The maximum Gasteiger partial charge on any atom is 0.327 e. The van der Waals surface area contributed by atoms with Crippen molar-refractivity contribution in [3.63, 3.8) is 0 Å². The lowest BCUT2D eigenvalue weighted by Gasteiger charge is -2.34. The Kier molecular flexibility index (Phi) is 9.49. The van der Waals surface area contributed by atoms with Crippen molar-refractivity contribution in [2.24, 2.45) is 0 Å². The Labute approximate surface area is 115 Å². The molecule has 0 radical (unpaired) electrons. The second-order valence-electron chi connectivity index (χ2n) is 4.43. The number of carbonyl (C=O) groups is 2. The van der Waals surface area contributed by atoms with Crippen molar-refractivity contribution < 1.29 is 14.7 Å². The zero-order valence-electron chi connectivity index (χ0n) is 12.1. The van der Waals surface area contributed by atoms with E-state index in [0.717, 1.165) is 19.0 Å². The molecule has 0 aromatic heterocycles. The van der Waals surface area contributed by atoms with Gasteiger partial charge in [-0.25, -0.2) is 4.79 Å². The van der Waals surface area contributed by atoms with Crippen molar-refractivity contribution in [2.45, 2.75) is 52.5 Å². The topological polar surface area (TPSA) is 57.6 Å². The maximum absolute atomic E-state index is 11.6. The van der Waals surface area contributed by atoms with Gasteiger partial charge in [0.1, 0.15) is 0 Å². The second kappa shape index (κ2) is 10.4. The molecule has 0 aromatic carbocycles. The number of carboxylic acid groups (broad SMARTS) is 1. The summed E-state index contributed by atoms with van der Waals surface area (Å²) in [4.78, 5) is 23.1. The molecule has 0 spiro atoms. The quantitative estimate of drug-likeness (QED) is 0.800. The third-order valence-corrected chi connectivity index (χ3v) is 3.00. The Balaban J connectivity index is 0.000000459. The van der Waals surface area contributed by atoms with E-state index in [1.807, 2.05) is 17.9 Å². The van der Waals surface area contributed by atoms with Crippen molar-refractivity contribution >= 4 is 11.9 Å². The van der Waals surface area contributed by atoms with E-state index in [1.165, 1.54) is 25.3 Å². The Morgan fingerprint density at radius 1 is 1.21 bits per heavy atom. The Hall–Kier alpha value is -1.58. The zero-order chi connectivity index (χ0) is 14.7. The lowest BCUT2D eigenvalue weighted by molar-refractivity contribution is -0.131. The number of carbonyl (C=O) groups excluding carboxylic acids is 1. The van der Waals surface area contributed by atoms with Crippen LogP contribution in [0.5, 0.6) is 0 Å². The lowest BCUT2D eigenvalue weighted by atomic mass is 10.00. The molecule has 1 atom stereocenters. The highest BCUT2D eigenvalue weighted by Gasteiger charge is 2.23. The first-order valence-corrected chi connectivity index (χ1v) is 6.85. The third-order valence-electron chi connectivity index (χ3n) is 3.00. The van der Waals surface area contributed by atoms with Crippen LogP contribution in [0.2, 0.25) is 0 Å². The summed E-state index contributed by atoms with van der Waals surface area (Å²) >= 11 is 0. The van der Waals surface area contributed by atoms with E-state index in [0.29, 0.717) is 6.04 Å². The molecule has 0 saturated carbocycles. The van der Waals surface area contributed by atoms with E-state index >= 15 is 0 Å². The average molecular weight is 267 g/mol. The van der Waals surface area contributed by atoms with Crippen molar-refractivity contribution in [3.05, 3.63) is 24.3 Å². The Morgan fingerprint density at radius 3 is 2.26 bits per heavy atom. The lowest BCUT2D eigenvalue weighted by Crippen LogP contribution is -2.42. The highest BCUT2D eigenvalue weighted by Crippen LogP contribution is 2.19. The summed E-state index contributed by atoms with van der Waals surface area (Å²) in [5.41, 5.74) is 0. The molecule has 1 amide bonds. The number of likely N-dealkylation sites (tertiary alicyclic amines) is 1. The number of hydrogen-bond acceptors (Lipinski definition) is 2. The van der Waals surface area contributed by atoms with Crippen LogP contribution in [0, 0.1) is 0 Å². The summed E-state index contributed by atoms with van der Waals surface area (Å²) in [6, 6.07) is 0.484. The molecule has 1 N–H and O–H groups in total. The van der Waals surface area contributed by atoms with Gasteiger partial charge in [0, 0.05) is 18.7 Å². The zero-order valence-corrected chi connectivity index (χ0v) is 12.1. The monoisotopic (exact) mass is 267 g/mol. The Bertz CT molecular complexity index is 334. The van der Waals surface area contributed by atoms with Gasteiger partial charge >= 0.3 is 5.97 Å². The van der Waals surface area contributed by atoms with Crippen LogP contribution < -0.4 is 0 Å². The van der Waals surface area contributed by atoms with Crippen molar-refractivity contribution in [2.75, 3.05) is 6.54 Å². The third kappa shape index (κ3) is 7.44. The molecule has 1 rings (SSSR count). The van der Waals surface area contributed by atoms with Crippen LogP contribution >= 0.6 is 0 Å². The van der Waals surface area contributed by atoms with E-state index in [4.69, 9.17) is 5.11 Å². The van der Waals surface area contributed by atoms with Gasteiger partial charge in [0.2, 0.25) is 5.91 Å². The fraction of sp³-hybridized carbons (Fsp3) is 0.600. The van der Waals surface area contributed by atoms with E-state index < -0.39 is 5.97 Å². The van der Waals surface area contributed by atoms with Gasteiger partial charge < -0.3 is 10.0 Å². The molecule has 1 aliphatic rings. The standard InChI is InChI=1S/C11H19NO.C4H6O2/c1-3-7-11(13)12-9-6-5-8-10(12)4-2;1-2-3-4(5)6/h3,7,10H,4-6,8-9H2,1-2H3;2-3H,1H3,(H,5,6)/b7-3+;3-2+. The van der Waals surface area contributed by atoms with Crippen LogP contribution in [0.1, 0.15) is 46.5 Å². The molecule has 0 aliphatic carbocycles. The summed E-state index contributed by atoms with van der Waals surface area (Å²) < 4.78 is 0. The SMILES string of the molecule is C/C=C/C(=O)N1CCCCC1CC.C/C=C/C(=O)O. The van der Waals surface area contributed by atoms with Crippen molar-refractivity contribution in [1.29, 1.82) is 0 Å². The van der Waals surface area contributed by atoms with Crippen LogP contribution in [0.4, 0.5) is 0 Å². The molecule has 4 nitrogen and oxygen atoms in total. The number of rotatable bonds is 3.